The highest BCUT2D eigenvalue weighted by atomic mass is 16.3. The number of para-hydroxylation sites is 2. The van der Waals surface area contributed by atoms with Crippen LogP contribution in [0.4, 0.5) is 17.1 Å². The first-order valence-corrected chi connectivity index (χ1v) is 21.2. The van der Waals surface area contributed by atoms with E-state index in [-0.39, 0.29) is 74.0 Å². The SMILES string of the molecule is [2H]c1c(-c2nc3ccccc3o2)c(N(c2ccc(-c3ccccc3)cc2)c2ccc3c(c2)C2(c4ccccc4-c4ccccc42)c2ccccc2-3)c2c(oc3c([2H])c4c([2H])c([2H])c([2H])c([2H])c4c([2H])c32)c1[2H]. The Morgan fingerprint density at radius 2 is 1.05 bits per heavy atom. The van der Waals surface area contributed by atoms with Crippen molar-refractivity contribution in [2.24, 2.45) is 0 Å². The molecule has 0 saturated heterocycles. The lowest BCUT2D eigenvalue weighted by atomic mass is 9.70. The van der Waals surface area contributed by atoms with Crippen molar-refractivity contribution in [1.29, 1.82) is 0 Å². The van der Waals surface area contributed by atoms with E-state index in [2.05, 4.69) is 84.9 Å². The molecule has 0 radical (unpaired) electrons. The lowest BCUT2D eigenvalue weighted by Gasteiger charge is -2.32. The van der Waals surface area contributed by atoms with E-state index in [4.69, 9.17) is 19.3 Å². The van der Waals surface area contributed by atoms with Gasteiger partial charge in [0, 0.05) is 16.8 Å². The van der Waals surface area contributed by atoms with Crippen molar-refractivity contribution in [1.82, 2.24) is 4.98 Å². The summed E-state index contributed by atoms with van der Waals surface area (Å²) in [6.45, 7) is 0. The lowest BCUT2D eigenvalue weighted by Crippen LogP contribution is -2.26. The molecule has 14 rings (SSSR count). The molecule has 0 saturated carbocycles. The van der Waals surface area contributed by atoms with Gasteiger partial charge in [0.15, 0.2) is 5.58 Å². The number of anilines is 3. The van der Waals surface area contributed by atoms with E-state index in [0.717, 1.165) is 55.6 Å². The molecule has 10 aromatic carbocycles. The maximum absolute atomic E-state index is 9.97. The third-order valence-corrected chi connectivity index (χ3v) is 13.1. The summed E-state index contributed by atoms with van der Waals surface area (Å²) in [7, 11) is 0. The molecule has 64 heavy (non-hydrogen) atoms. The Bertz CT molecular complexity index is 4240. The summed E-state index contributed by atoms with van der Waals surface area (Å²) in [5.41, 5.74) is 12.5. The lowest BCUT2D eigenvalue weighted by molar-refractivity contribution is 0.620. The zero-order valence-corrected chi connectivity index (χ0v) is 33.9. The second-order valence-electron chi connectivity index (χ2n) is 16.3. The van der Waals surface area contributed by atoms with Crippen LogP contribution >= 0.6 is 0 Å². The molecular formula is C60H36N2O2. The molecule has 12 aromatic rings. The predicted octanol–water partition coefficient (Wildman–Crippen LogP) is 16.0. The van der Waals surface area contributed by atoms with Gasteiger partial charge in [-0.1, -0.05) is 158 Å². The average molecular weight is 825 g/mol. The summed E-state index contributed by atoms with van der Waals surface area (Å²) in [6, 6.07) is 54.0. The van der Waals surface area contributed by atoms with Crippen LogP contribution in [0.2, 0.25) is 0 Å². The monoisotopic (exact) mass is 824 g/mol. The van der Waals surface area contributed by atoms with Crippen LogP contribution < -0.4 is 4.90 Å². The normalized spacial score (nSPS) is 14.9. The van der Waals surface area contributed by atoms with Crippen LogP contribution in [-0.4, -0.2) is 4.98 Å². The number of benzene rings is 10. The number of fused-ring (bicyclic) bond motifs is 15. The predicted molar refractivity (Wildman–Crippen MR) is 261 cm³/mol. The fourth-order valence-corrected chi connectivity index (χ4v) is 10.4. The van der Waals surface area contributed by atoms with Gasteiger partial charge in [-0.3, -0.25) is 0 Å². The number of nitrogens with zero attached hydrogens (tertiary/aromatic N) is 2. The highest BCUT2D eigenvalue weighted by Gasteiger charge is 2.51. The molecule has 298 valence electrons. The van der Waals surface area contributed by atoms with Gasteiger partial charge < -0.3 is 13.7 Å². The Balaban J connectivity index is 1.16. The summed E-state index contributed by atoms with van der Waals surface area (Å²) in [6.07, 6.45) is 0. The van der Waals surface area contributed by atoms with Gasteiger partial charge in [0.05, 0.1) is 33.0 Å². The van der Waals surface area contributed by atoms with E-state index in [1.165, 1.54) is 0 Å². The molecule has 2 aromatic heterocycles. The van der Waals surface area contributed by atoms with Crippen molar-refractivity contribution >= 4 is 60.9 Å². The van der Waals surface area contributed by atoms with E-state index in [1.54, 1.807) is 6.07 Å². The Kier molecular flexibility index (Phi) is 5.84. The third kappa shape index (κ3) is 4.85. The van der Waals surface area contributed by atoms with E-state index in [1.807, 2.05) is 83.8 Å². The molecule has 2 aliphatic carbocycles. The zero-order chi connectivity index (χ0) is 48.9. The highest BCUT2D eigenvalue weighted by Crippen LogP contribution is 2.63. The Labute approximate surface area is 380 Å². The molecule has 0 fully saturated rings. The smallest absolute Gasteiger partial charge is 0.229 e. The number of hydrogen-bond acceptors (Lipinski definition) is 4. The van der Waals surface area contributed by atoms with Crippen LogP contribution in [-0.2, 0) is 5.41 Å². The molecule has 0 unspecified atom stereocenters. The largest absolute Gasteiger partial charge is 0.456 e. The third-order valence-electron chi connectivity index (χ3n) is 13.1. The van der Waals surface area contributed by atoms with Crippen LogP contribution in [0.5, 0.6) is 0 Å². The van der Waals surface area contributed by atoms with E-state index < -0.39 is 29.6 Å². The van der Waals surface area contributed by atoms with Gasteiger partial charge in [-0.2, -0.15) is 0 Å². The van der Waals surface area contributed by atoms with Crippen molar-refractivity contribution in [3.63, 3.8) is 0 Å². The standard InChI is InChI=1S/C60H36N2O2/c1-2-14-37(15-3-1)38-26-28-41(29-27-38)62(42-30-31-46-45-20-8-11-23-51(45)60(52(46)36-42)49-21-9-6-18-43(49)44-19-7-10-22-50(44)60)58-47(59-61-53-24-12-13-25-54(53)64-59)32-33-55-57(58)48-34-39-16-4-5-17-40(39)35-56(48)63-55/h1-36H/i4D,5D,16D,17D,32D,33D,34D,35D. The van der Waals surface area contributed by atoms with Gasteiger partial charge in [-0.05, 0) is 127 Å². The Hall–Kier alpha value is -8.47. The van der Waals surface area contributed by atoms with Crippen LogP contribution in [0.1, 0.15) is 33.2 Å². The van der Waals surface area contributed by atoms with Crippen LogP contribution in [0, 0.1) is 0 Å². The van der Waals surface area contributed by atoms with Gasteiger partial charge in [0.2, 0.25) is 5.89 Å². The molecule has 0 atom stereocenters. The van der Waals surface area contributed by atoms with Crippen molar-refractivity contribution in [3.8, 4) is 44.8 Å². The minimum atomic E-state index is -0.735. The van der Waals surface area contributed by atoms with Crippen LogP contribution in [0.3, 0.4) is 0 Å². The first kappa shape index (κ1) is 28.2. The zero-order valence-electron chi connectivity index (χ0n) is 41.9. The summed E-state index contributed by atoms with van der Waals surface area (Å²) < 4.78 is 87.5. The fourth-order valence-electron chi connectivity index (χ4n) is 10.4. The number of oxazole rings is 1. The van der Waals surface area contributed by atoms with Gasteiger partial charge in [0.1, 0.15) is 16.7 Å². The van der Waals surface area contributed by atoms with Crippen molar-refractivity contribution < 1.29 is 19.8 Å². The van der Waals surface area contributed by atoms with Crippen molar-refractivity contribution in [2.45, 2.75) is 5.41 Å². The summed E-state index contributed by atoms with van der Waals surface area (Å²) in [4.78, 5) is 6.95. The quantitative estimate of drug-likeness (QED) is 0.173. The number of aromatic nitrogens is 1. The molecule has 4 heteroatoms. The average Bonchev–Trinajstić information content (AvgIpc) is 4.18. The molecular weight excluding hydrogens is 781 g/mol. The minimum Gasteiger partial charge on any atom is -0.456 e. The summed E-state index contributed by atoms with van der Waals surface area (Å²) in [5, 5.41) is -0.113. The first-order valence-electron chi connectivity index (χ1n) is 25.2. The van der Waals surface area contributed by atoms with E-state index in [0.29, 0.717) is 22.5 Å². The summed E-state index contributed by atoms with van der Waals surface area (Å²) >= 11 is 0. The maximum Gasteiger partial charge on any atom is 0.229 e. The van der Waals surface area contributed by atoms with Gasteiger partial charge in [0.25, 0.3) is 0 Å². The second-order valence-corrected chi connectivity index (χ2v) is 16.3. The number of hydrogen-bond donors (Lipinski definition) is 0. The fraction of sp³-hybridized carbons (Fsp3) is 0.0167. The Morgan fingerprint density at radius 3 is 1.75 bits per heavy atom. The number of rotatable bonds is 5. The Morgan fingerprint density at radius 1 is 0.453 bits per heavy atom. The van der Waals surface area contributed by atoms with Crippen LogP contribution in [0.25, 0.3) is 88.6 Å². The first-order chi connectivity index (χ1) is 35.1. The van der Waals surface area contributed by atoms with Crippen molar-refractivity contribution in [2.75, 3.05) is 4.90 Å². The van der Waals surface area contributed by atoms with E-state index >= 15 is 0 Å². The molecule has 0 N–H and O–H groups in total. The van der Waals surface area contributed by atoms with Crippen LogP contribution in [0.15, 0.2) is 227 Å². The topological polar surface area (TPSA) is 42.4 Å². The van der Waals surface area contributed by atoms with Crippen molar-refractivity contribution in [3.05, 3.63) is 240 Å². The van der Waals surface area contributed by atoms with Gasteiger partial charge in [-0.15, -0.1) is 0 Å². The second kappa shape index (κ2) is 13.3. The molecule has 2 heterocycles. The molecule has 0 aliphatic heterocycles. The van der Waals surface area contributed by atoms with E-state index in [9.17, 15) is 5.48 Å². The minimum absolute atomic E-state index is 0.0378. The molecule has 1 spiro atoms. The maximum atomic E-state index is 9.97. The number of furan rings is 1. The highest BCUT2D eigenvalue weighted by molar-refractivity contribution is 6.19. The molecule has 0 bridgehead atoms. The summed E-state index contributed by atoms with van der Waals surface area (Å²) in [5.74, 6) is 0.0378. The molecule has 0 amide bonds. The van der Waals surface area contributed by atoms with Gasteiger partial charge >= 0.3 is 0 Å². The van der Waals surface area contributed by atoms with Gasteiger partial charge in [-0.25, -0.2) is 4.98 Å². The molecule has 2 aliphatic rings. The molecule has 4 nitrogen and oxygen atoms in total.